The van der Waals surface area contributed by atoms with E-state index in [1.807, 2.05) is 26.0 Å². The van der Waals surface area contributed by atoms with Crippen molar-refractivity contribution in [2.24, 2.45) is 0 Å². The predicted molar refractivity (Wildman–Crippen MR) is 97.0 cm³/mol. The van der Waals surface area contributed by atoms with Crippen molar-refractivity contribution >= 4 is 11.6 Å². The van der Waals surface area contributed by atoms with E-state index in [9.17, 15) is 18.0 Å². The number of carbonyl (C=O) groups excluding carboxylic acids is 1. The molecule has 1 aliphatic rings. The first-order chi connectivity index (χ1) is 13.1. The number of fused-ring (bicyclic) bond motifs is 1. The molecular weight excluding hydrogens is 375 g/mol. The van der Waals surface area contributed by atoms with Crippen molar-refractivity contribution < 1.29 is 32.2 Å². The number of benzene rings is 2. The molecule has 8 heteroatoms. The fraction of sp³-hybridized carbons (Fsp3) is 0.350. The molecule has 0 fully saturated rings. The topological polar surface area (TPSA) is 56.8 Å². The van der Waals surface area contributed by atoms with Gasteiger partial charge in [0.2, 0.25) is 0 Å². The number of halogens is 3. The molecule has 5 nitrogen and oxygen atoms in total. The molecule has 1 amide bonds. The molecule has 28 heavy (non-hydrogen) atoms. The Morgan fingerprint density at radius 2 is 1.82 bits per heavy atom. The second kappa shape index (κ2) is 7.61. The summed E-state index contributed by atoms with van der Waals surface area (Å²) in [6.45, 7) is 2.15. The molecule has 0 unspecified atom stereocenters. The Labute approximate surface area is 160 Å². The van der Waals surface area contributed by atoms with E-state index in [0.29, 0.717) is 11.5 Å². The minimum Gasteiger partial charge on any atom is -0.483 e. The maximum atomic E-state index is 12.4. The molecule has 0 saturated heterocycles. The van der Waals surface area contributed by atoms with Crippen molar-refractivity contribution in [1.82, 2.24) is 0 Å². The highest BCUT2D eigenvalue weighted by atomic mass is 19.4. The molecule has 0 spiro atoms. The molecule has 0 bridgehead atoms. The average molecular weight is 395 g/mol. The number of hydrogen-bond donors (Lipinski definition) is 1. The van der Waals surface area contributed by atoms with Crippen LogP contribution < -0.4 is 19.5 Å². The van der Waals surface area contributed by atoms with Gasteiger partial charge in [-0.15, -0.1) is 0 Å². The minimum atomic E-state index is -4.47. The van der Waals surface area contributed by atoms with E-state index in [-0.39, 0.29) is 23.6 Å². The number of rotatable bonds is 6. The summed E-state index contributed by atoms with van der Waals surface area (Å²) in [7, 11) is 0. The zero-order valence-corrected chi connectivity index (χ0v) is 15.4. The molecule has 150 valence electrons. The van der Waals surface area contributed by atoms with Crippen LogP contribution in [-0.2, 0) is 11.2 Å². The number of ether oxygens (including phenoxy) is 3. The molecule has 1 aliphatic heterocycles. The first-order valence-corrected chi connectivity index (χ1v) is 8.65. The van der Waals surface area contributed by atoms with E-state index in [4.69, 9.17) is 14.2 Å². The first-order valence-electron chi connectivity index (χ1n) is 8.65. The summed E-state index contributed by atoms with van der Waals surface area (Å²) in [5, 5.41) is 2.50. The highest BCUT2D eigenvalue weighted by Crippen LogP contribution is 2.41. The van der Waals surface area contributed by atoms with E-state index in [0.717, 1.165) is 12.0 Å². The van der Waals surface area contributed by atoms with Crippen LogP contribution in [-0.4, -0.2) is 30.9 Å². The summed E-state index contributed by atoms with van der Waals surface area (Å²) in [6.07, 6.45) is -3.74. The third kappa shape index (κ3) is 5.09. The van der Waals surface area contributed by atoms with E-state index < -0.39 is 18.7 Å². The quantitative estimate of drug-likeness (QED) is 0.790. The number of amides is 1. The largest absolute Gasteiger partial charge is 0.483 e. The molecule has 0 aliphatic carbocycles. The van der Waals surface area contributed by atoms with Crippen molar-refractivity contribution in [3.8, 4) is 17.2 Å². The molecular formula is C20H20F3NO4. The van der Waals surface area contributed by atoms with Gasteiger partial charge < -0.3 is 19.5 Å². The summed E-state index contributed by atoms with van der Waals surface area (Å²) < 4.78 is 53.3. The Morgan fingerprint density at radius 1 is 1.11 bits per heavy atom. The second-order valence-corrected chi connectivity index (χ2v) is 7.02. The summed E-state index contributed by atoms with van der Waals surface area (Å²) in [6, 6.07) is 11.4. The van der Waals surface area contributed by atoms with Gasteiger partial charge in [-0.3, -0.25) is 4.79 Å². The van der Waals surface area contributed by atoms with Crippen LogP contribution in [0.25, 0.3) is 0 Å². The Balaban J connectivity index is 1.62. The van der Waals surface area contributed by atoms with E-state index in [2.05, 4.69) is 5.32 Å². The van der Waals surface area contributed by atoms with E-state index in [1.165, 1.54) is 18.2 Å². The van der Waals surface area contributed by atoms with Gasteiger partial charge in [0.1, 0.15) is 11.4 Å². The fourth-order valence-electron chi connectivity index (χ4n) is 2.89. The summed E-state index contributed by atoms with van der Waals surface area (Å²) >= 11 is 0. The normalized spacial score (nSPS) is 14.8. The summed E-state index contributed by atoms with van der Waals surface area (Å²) in [5.41, 5.74) is 0.781. The molecule has 2 aromatic rings. The smallest absolute Gasteiger partial charge is 0.422 e. The van der Waals surface area contributed by atoms with Crippen molar-refractivity contribution in [2.45, 2.75) is 32.0 Å². The van der Waals surface area contributed by atoms with Crippen molar-refractivity contribution in [3.63, 3.8) is 0 Å². The number of hydrogen-bond acceptors (Lipinski definition) is 4. The average Bonchev–Trinajstić information content (AvgIpc) is 2.93. The Kier molecular flexibility index (Phi) is 5.40. The zero-order chi connectivity index (χ0) is 20.4. The van der Waals surface area contributed by atoms with Crippen LogP contribution in [0.5, 0.6) is 17.2 Å². The van der Waals surface area contributed by atoms with Gasteiger partial charge in [-0.1, -0.05) is 24.3 Å². The molecule has 1 heterocycles. The standard InChI is InChI=1S/C20H20F3NO4/c1-19(2)10-13-6-5-9-16(18(13)28-19)26-11-17(25)24-14-7-3-4-8-15(14)27-12-20(21,22)23/h3-9H,10-12H2,1-2H3,(H,24,25). The Morgan fingerprint density at radius 3 is 2.57 bits per heavy atom. The molecule has 0 saturated carbocycles. The fourth-order valence-corrected chi connectivity index (χ4v) is 2.89. The monoisotopic (exact) mass is 395 g/mol. The number of para-hydroxylation sites is 3. The van der Waals surface area contributed by atoms with Gasteiger partial charge >= 0.3 is 6.18 Å². The molecule has 2 aromatic carbocycles. The van der Waals surface area contributed by atoms with Crippen molar-refractivity contribution in [2.75, 3.05) is 18.5 Å². The van der Waals surface area contributed by atoms with Crippen LogP contribution >= 0.6 is 0 Å². The molecule has 3 rings (SSSR count). The van der Waals surface area contributed by atoms with Gasteiger partial charge in [-0.25, -0.2) is 0 Å². The van der Waals surface area contributed by atoms with Crippen LogP contribution in [0, 0.1) is 0 Å². The lowest BCUT2D eigenvalue weighted by Crippen LogP contribution is -2.25. The number of alkyl halides is 3. The lowest BCUT2D eigenvalue weighted by Gasteiger charge is -2.18. The minimum absolute atomic E-state index is 0.0705. The summed E-state index contributed by atoms with van der Waals surface area (Å²) in [5.74, 6) is 0.450. The first kappa shape index (κ1) is 19.9. The van der Waals surface area contributed by atoms with Crippen LogP contribution in [0.4, 0.5) is 18.9 Å². The van der Waals surface area contributed by atoms with Gasteiger partial charge in [-0.2, -0.15) is 13.2 Å². The Hall–Kier alpha value is -2.90. The maximum Gasteiger partial charge on any atom is 0.422 e. The lowest BCUT2D eigenvalue weighted by molar-refractivity contribution is -0.153. The third-order valence-corrected chi connectivity index (χ3v) is 3.97. The highest BCUT2D eigenvalue weighted by molar-refractivity contribution is 5.93. The van der Waals surface area contributed by atoms with Crippen LogP contribution in [0.1, 0.15) is 19.4 Å². The maximum absolute atomic E-state index is 12.4. The number of carbonyl (C=O) groups is 1. The zero-order valence-electron chi connectivity index (χ0n) is 15.4. The SMILES string of the molecule is CC1(C)Cc2cccc(OCC(=O)Nc3ccccc3OCC(F)(F)F)c2O1. The van der Waals surface area contributed by atoms with E-state index in [1.54, 1.807) is 12.1 Å². The number of nitrogens with one attached hydrogen (secondary N) is 1. The summed E-state index contributed by atoms with van der Waals surface area (Å²) in [4.78, 5) is 12.2. The van der Waals surface area contributed by atoms with Crippen molar-refractivity contribution in [3.05, 3.63) is 48.0 Å². The third-order valence-electron chi connectivity index (χ3n) is 3.97. The van der Waals surface area contributed by atoms with E-state index >= 15 is 0 Å². The second-order valence-electron chi connectivity index (χ2n) is 7.02. The molecule has 0 aromatic heterocycles. The van der Waals surface area contributed by atoms with Crippen LogP contribution in [0.15, 0.2) is 42.5 Å². The van der Waals surface area contributed by atoms with Crippen molar-refractivity contribution in [1.29, 1.82) is 0 Å². The highest BCUT2D eigenvalue weighted by Gasteiger charge is 2.32. The molecule has 0 atom stereocenters. The van der Waals surface area contributed by atoms with Gasteiger partial charge in [0, 0.05) is 12.0 Å². The lowest BCUT2D eigenvalue weighted by atomic mass is 10.0. The molecule has 0 radical (unpaired) electrons. The van der Waals surface area contributed by atoms with Gasteiger partial charge in [-0.05, 0) is 32.0 Å². The van der Waals surface area contributed by atoms with Gasteiger partial charge in [0.05, 0.1) is 5.69 Å². The Bertz CT molecular complexity index is 865. The van der Waals surface area contributed by atoms with Gasteiger partial charge in [0.25, 0.3) is 5.91 Å². The number of anilines is 1. The molecule has 1 N–H and O–H groups in total. The van der Waals surface area contributed by atoms with Gasteiger partial charge in [0.15, 0.2) is 24.7 Å². The van der Waals surface area contributed by atoms with Crippen LogP contribution in [0.2, 0.25) is 0 Å². The van der Waals surface area contributed by atoms with Crippen LogP contribution in [0.3, 0.4) is 0 Å². The predicted octanol–water partition coefficient (Wildman–Crippen LogP) is 4.36.